The maximum Gasteiger partial charge on any atom is 0.229 e. The molecule has 0 unspecified atom stereocenters. The molecule has 1 amide bonds. The van der Waals surface area contributed by atoms with Crippen LogP contribution in [0.3, 0.4) is 0 Å². The summed E-state index contributed by atoms with van der Waals surface area (Å²) < 4.78 is 13.3. The third-order valence-electron chi connectivity index (χ3n) is 5.50. The second-order valence-electron chi connectivity index (χ2n) is 7.80. The van der Waals surface area contributed by atoms with Crippen LogP contribution in [0.25, 0.3) is 11.3 Å². The number of nitrogens with zero attached hydrogens (tertiary/aromatic N) is 2. The smallest absolute Gasteiger partial charge is 0.229 e. The fourth-order valence-electron chi connectivity index (χ4n) is 3.90. The highest BCUT2D eigenvalue weighted by atomic mass is 19.1. The molecule has 6 heteroatoms. The lowest BCUT2D eigenvalue weighted by molar-refractivity contribution is -0.115. The van der Waals surface area contributed by atoms with Crippen molar-refractivity contribution in [3.8, 4) is 17.0 Å². The van der Waals surface area contributed by atoms with Crippen LogP contribution in [0.1, 0.15) is 36.9 Å². The van der Waals surface area contributed by atoms with Crippen molar-refractivity contribution in [2.45, 2.75) is 38.5 Å². The quantitative estimate of drug-likeness (QED) is 0.612. The summed E-state index contributed by atoms with van der Waals surface area (Å²) in [4.78, 5) is 21.8. The van der Waals surface area contributed by atoms with Gasteiger partial charge in [0.25, 0.3) is 0 Å². The average Bonchev–Trinajstić information content (AvgIpc) is 3.25. The lowest BCUT2D eigenvalue weighted by atomic mass is 10.0. The Kier molecular flexibility index (Phi) is 6.02. The molecule has 0 bridgehead atoms. The van der Waals surface area contributed by atoms with Gasteiger partial charge < -0.3 is 10.4 Å². The Morgan fingerprint density at radius 2 is 1.77 bits per heavy atom. The first kappa shape index (κ1) is 20.0. The number of anilines is 1. The second-order valence-corrected chi connectivity index (χ2v) is 7.80. The van der Waals surface area contributed by atoms with Crippen LogP contribution in [0.2, 0.25) is 0 Å². The molecule has 2 aromatic carbocycles. The van der Waals surface area contributed by atoms with E-state index in [-0.39, 0.29) is 23.9 Å². The van der Waals surface area contributed by atoms with Crippen LogP contribution < -0.4 is 5.32 Å². The molecule has 1 aliphatic carbocycles. The van der Waals surface area contributed by atoms with Crippen molar-refractivity contribution in [3.05, 3.63) is 71.8 Å². The fraction of sp³-hybridized carbons (Fsp3) is 0.292. The van der Waals surface area contributed by atoms with E-state index in [1.54, 1.807) is 42.6 Å². The number of aromatic nitrogens is 2. The molecule has 1 fully saturated rings. The van der Waals surface area contributed by atoms with Gasteiger partial charge in [0, 0.05) is 5.56 Å². The second kappa shape index (κ2) is 9.03. The SMILES string of the molecule is O=C(Cc1ccc(O)cc1)Nc1ncc(-c2ccc(F)cc2)nc1CC1CCCC1. The molecule has 30 heavy (non-hydrogen) atoms. The first-order chi connectivity index (χ1) is 14.6. The molecule has 5 nitrogen and oxygen atoms in total. The molecule has 0 spiro atoms. The van der Waals surface area contributed by atoms with Crippen molar-refractivity contribution in [2.24, 2.45) is 5.92 Å². The number of phenols is 1. The van der Waals surface area contributed by atoms with Crippen molar-refractivity contribution >= 4 is 11.7 Å². The normalized spacial score (nSPS) is 14.0. The summed E-state index contributed by atoms with van der Waals surface area (Å²) in [6.45, 7) is 0. The Labute approximate surface area is 175 Å². The Morgan fingerprint density at radius 3 is 2.47 bits per heavy atom. The molecule has 1 saturated carbocycles. The molecule has 2 N–H and O–H groups in total. The molecular formula is C24H24FN3O2. The summed E-state index contributed by atoms with van der Waals surface area (Å²) in [6, 6.07) is 12.7. The van der Waals surface area contributed by atoms with Gasteiger partial charge in [-0.3, -0.25) is 4.79 Å². The van der Waals surface area contributed by atoms with E-state index in [1.165, 1.54) is 25.0 Å². The van der Waals surface area contributed by atoms with Crippen molar-refractivity contribution in [3.63, 3.8) is 0 Å². The minimum atomic E-state index is -0.295. The van der Waals surface area contributed by atoms with Crippen LogP contribution in [0, 0.1) is 11.7 Å². The van der Waals surface area contributed by atoms with E-state index in [2.05, 4.69) is 10.3 Å². The Hall–Kier alpha value is -3.28. The number of phenolic OH excluding ortho intramolecular Hbond substituents is 1. The third kappa shape index (κ3) is 5.00. The number of rotatable bonds is 6. The Balaban J connectivity index is 1.56. The third-order valence-corrected chi connectivity index (χ3v) is 5.50. The van der Waals surface area contributed by atoms with Crippen LogP contribution in [-0.4, -0.2) is 21.0 Å². The summed E-state index contributed by atoms with van der Waals surface area (Å²) in [5.41, 5.74) is 3.03. The summed E-state index contributed by atoms with van der Waals surface area (Å²) in [7, 11) is 0. The summed E-state index contributed by atoms with van der Waals surface area (Å²) in [6.07, 6.45) is 7.31. The zero-order valence-corrected chi connectivity index (χ0v) is 16.6. The number of nitrogens with one attached hydrogen (secondary N) is 1. The van der Waals surface area contributed by atoms with Gasteiger partial charge in [-0.2, -0.15) is 0 Å². The van der Waals surface area contributed by atoms with E-state index >= 15 is 0 Å². The van der Waals surface area contributed by atoms with E-state index in [9.17, 15) is 14.3 Å². The topological polar surface area (TPSA) is 75.1 Å². The number of hydrogen-bond acceptors (Lipinski definition) is 4. The van der Waals surface area contributed by atoms with Crippen molar-refractivity contribution in [1.29, 1.82) is 0 Å². The molecule has 154 valence electrons. The Bertz CT molecular complexity index is 1010. The first-order valence-electron chi connectivity index (χ1n) is 10.3. The Morgan fingerprint density at radius 1 is 1.07 bits per heavy atom. The number of hydrogen-bond donors (Lipinski definition) is 2. The number of benzene rings is 2. The molecule has 3 aromatic rings. The number of halogens is 1. The van der Waals surface area contributed by atoms with Crippen LogP contribution in [0.15, 0.2) is 54.7 Å². The largest absolute Gasteiger partial charge is 0.508 e. The van der Waals surface area contributed by atoms with Gasteiger partial charge in [0.1, 0.15) is 11.6 Å². The minimum absolute atomic E-state index is 0.167. The molecule has 4 rings (SSSR count). The van der Waals surface area contributed by atoms with Gasteiger partial charge in [0.05, 0.1) is 24.0 Å². The van der Waals surface area contributed by atoms with Gasteiger partial charge in [-0.15, -0.1) is 0 Å². The summed E-state index contributed by atoms with van der Waals surface area (Å²) >= 11 is 0. The summed E-state index contributed by atoms with van der Waals surface area (Å²) in [5, 5.41) is 12.3. The van der Waals surface area contributed by atoms with Gasteiger partial charge in [-0.05, 0) is 54.3 Å². The van der Waals surface area contributed by atoms with Gasteiger partial charge in [0.2, 0.25) is 5.91 Å². The minimum Gasteiger partial charge on any atom is -0.508 e. The molecule has 1 heterocycles. The molecule has 0 atom stereocenters. The number of amides is 1. The standard InChI is InChI=1S/C24H24FN3O2/c25-19-9-7-18(8-10-19)22-15-26-24(21(27-22)13-16-3-1-2-4-16)28-23(30)14-17-5-11-20(29)12-6-17/h5-12,15-16,29H,1-4,13-14H2,(H,26,28,30). The molecular weight excluding hydrogens is 381 g/mol. The van der Waals surface area contributed by atoms with Crippen molar-refractivity contribution < 1.29 is 14.3 Å². The van der Waals surface area contributed by atoms with Gasteiger partial charge in [0.15, 0.2) is 5.82 Å². The number of carbonyl (C=O) groups is 1. The lowest BCUT2D eigenvalue weighted by Crippen LogP contribution is -2.18. The highest BCUT2D eigenvalue weighted by molar-refractivity contribution is 5.92. The molecule has 0 radical (unpaired) electrons. The van der Waals surface area contributed by atoms with Gasteiger partial charge >= 0.3 is 0 Å². The predicted molar refractivity (Wildman–Crippen MR) is 114 cm³/mol. The van der Waals surface area contributed by atoms with E-state index in [0.717, 1.165) is 36.1 Å². The highest BCUT2D eigenvalue weighted by Crippen LogP contribution is 2.30. The van der Waals surface area contributed by atoms with E-state index in [4.69, 9.17) is 4.98 Å². The average molecular weight is 405 g/mol. The van der Waals surface area contributed by atoms with E-state index < -0.39 is 0 Å². The monoisotopic (exact) mass is 405 g/mol. The van der Waals surface area contributed by atoms with Crippen LogP contribution in [0.4, 0.5) is 10.2 Å². The maximum absolute atomic E-state index is 13.3. The molecule has 1 aliphatic rings. The van der Waals surface area contributed by atoms with Gasteiger partial charge in [-0.25, -0.2) is 14.4 Å². The van der Waals surface area contributed by atoms with Gasteiger partial charge in [-0.1, -0.05) is 37.8 Å². The molecule has 1 aromatic heterocycles. The van der Waals surface area contributed by atoms with Crippen molar-refractivity contribution in [1.82, 2.24) is 9.97 Å². The molecule has 0 aliphatic heterocycles. The number of aromatic hydroxyl groups is 1. The van der Waals surface area contributed by atoms with E-state index in [1.807, 2.05) is 0 Å². The fourth-order valence-corrected chi connectivity index (χ4v) is 3.90. The highest BCUT2D eigenvalue weighted by Gasteiger charge is 2.20. The van der Waals surface area contributed by atoms with Crippen molar-refractivity contribution in [2.75, 3.05) is 5.32 Å². The first-order valence-corrected chi connectivity index (χ1v) is 10.3. The predicted octanol–water partition coefficient (Wildman–Crippen LogP) is 4.90. The van der Waals surface area contributed by atoms with Crippen LogP contribution in [0.5, 0.6) is 5.75 Å². The zero-order valence-electron chi connectivity index (χ0n) is 16.6. The molecule has 0 saturated heterocycles. The summed E-state index contributed by atoms with van der Waals surface area (Å²) in [5.74, 6) is 0.709. The number of carbonyl (C=O) groups excluding carboxylic acids is 1. The van der Waals surface area contributed by atoms with Crippen LogP contribution >= 0.6 is 0 Å². The van der Waals surface area contributed by atoms with Crippen LogP contribution in [-0.2, 0) is 17.6 Å². The maximum atomic E-state index is 13.3. The zero-order chi connectivity index (χ0) is 20.9. The lowest BCUT2D eigenvalue weighted by Gasteiger charge is -2.14. The van der Waals surface area contributed by atoms with E-state index in [0.29, 0.717) is 17.4 Å².